The molecule has 0 amide bonds. The number of hydrogen-bond donors (Lipinski definition) is 2. The molecule has 0 unspecified atom stereocenters. The Morgan fingerprint density at radius 2 is 2.11 bits per heavy atom. The second-order valence-electron chi connectivity index (χ2n) is 9.41. The van der Waals surface area contributed by atoms with Gasteiger partial charge < -0.3 is 10.2 Å². The SMILES string of the molecule is C=CCC1=C[C@@]2(C)C(=CC1=O)CC[C@@H]1C2=CC[C@@]2(C)[C@H]1CC[C@]2(O)C(=O)CO. The Morgan fingerprint density at radius 3 is 2.79 bits per heavy atom. The highest BCUT2D eigenvalue weighted by molar-refractivity contribution is 6.06. The lowest BCUT2D eigenvalue weighted by molar-refractivity contribution is -0.155. The molecule has 0 aromatic carbocycles. The van der Waals surface area contributed by atoms with Gasteiger partial charge in [-0.1, -0.05) is 36.3 Å². The summed E-state index contributed by atoms with van der Waals surface area (Å²) >= 11 is 0. The number of ketones is 2. The number of allylic oxidation sites excluding steroid dienone is 7. The highest BCUT2D eigenvalue weighted by atomic mass is 16.3. The van der Waals surface area contributed by atoms with Gasteiger partial charge in [0.15, 0.2) is 11.6 Å². The van der Waals surface area contributed by atoms with Crippen molar-refractivity contribution >= 4 is 11.6 Å². The largest absolute Gasteiger partial charge is 0.388 e. The minimum Gasteiger partial charge on any atom is -0.388 e. The van der Waals surface area contributed by atoms with Crippen LogP contribution < -0.4 is 0 Å². The van der Waals surface area contributed by atoms with E-state index >= 15 is 0 Å². The van der Waals surface area contributed by atoms with E-state index in [1.54, 1.807) is 6.08 Å². The first-order valence-corrected chi connectivity index (χ1v) is 10.4. The third kappa shape index (κ3) is 2.37. The van der Waals surface area contributed by atoms with E-state index in [1.807, 2.05) is 13.0 Å². The van der Waals surface area contributed by atoms with Crippen molar-refractivity contribution in [2.45, 2.75) is 58.0 Å². The highest BCUT2D eigenvalue weighted by Crippen LogP contribution is 2.65. The van der Waals surface area contributed by atoms with Crippen molar-refractivity contribution in [3.63, 3.8) is 0 Å². The Balaban J connectivity index is 1.77. The van der Waals surface area contributed by atoms with Gasteiger partial charge >= 0.3 is 0 Å². The number of aliphatic hydroxyl groups excluding tert-OH is 1. The predicted molar refractivity (Wildman–Crippen MR) is 107 cm³/mol. The Morgan fingerprint density at radius 1 is 1.36 bits per heavy atom. The van der Waals surface area contributed by atoms with E-state index in [9.17, 15) is 19.8 Å². The molecule has 0 saturated heterocycles. The molecule has 150 valence electrons. The summed E-state index contributed by atoms with van der Waals surface area (Å²) in [7, 11) is 0. The van der Waals surface area contributed by atoms with E-state index in [0.29, 0.717) is 19.3 Å². The maximum Gasteiger partial charge on any atom is 0.190 e. The summed E-state index contributed by atoms with van der Waals surface area (Å²) in [6, 6.07) is 0. The van der Waals surface area contributed by atoms with Crippen LogP contribution in [0.15, 0.2) is 47.6 Å². The van der Waals surface area contributed by atoms with Gasteiger partial charge in [-0.2, -0.15) is 0 Å². The van der Waals surface area contributed by atoms with Gasteiger partial charge in [0.2, 0.25) is 0 Å². The van der Waals surface area contributed by atoms with Crippen LogP contribution in [-0.4, -0.2) is 34.0 Å². The van der Waals surface area contributed by atoms with Crippen LogP contribution in [0.25, 0.3) is 0 Å². The van der Waals surface area contributed by atoms with Gasteiger partial charge in [-0.05, 0) is 63.4 Å². The van der Waals surface area contributed by atoms with Crippen LogP contribution in [0.5, 0.6) is 0 Å². The van der Waals surface area contributed by atoms with E-state index < -0.39 is 23.4 Å². The molecule has 0 bridgehead atoms. The third-order valence-electron chi connectivity index (χ3n) is 8.26. The van der Waals surface area contributed by atoms with Gasteiger partial charge in [-0.3, -0.25) is 9.59 Å². The number of Topliss-reactive ketones (excluding diaryl/α,β-unsaturated/α-hetero) is 1. The van der Waals surface area contributed by atoms with E-state index in [-0.39, 0.29) is 23.0 Å². The minimum absolute atomic E-state index is 0.0934. The molecule has 4 nitrogen and oxygen atoms in total. The summed E-state index contributed by atoms with van der Waals surface area (Å²) in [5.41, 5.74) is 1.06. The smallest absolute Gasteiger partial charge is 0.190 e. The van der Waals surface area contributed by atoms with E-state index in [2.05, 4.69) is 25.7 Å². The number of aliphatic hydroxyl groups is 2. The molecule has 2 saturated carbocycles. The molecule has 0 aromatic rings. The standard InChI is InChI=1S/C24H30O4/c1-4-5-15-13-22(2)16(12-20(15)26)6-7-17-18(22)8-10-23(3)19(17)9-11-24(23,28)21(27)14-25/h4,8,12-13,17,19,25,28H,1,5-7,9-11,14H2,2-3H3/t17-,19+,22+,23+,24+/m1/s1. The molecule has 0 spiro atoms. The molecular weight excluding hydrogens is 352 g/mol. The van der Waals surface area contributed by atoms with Gasteiger partial charge in [0.05, 0.1) is 0 Å². The van der Waals surface area contributed by atoms with Crippen molar-refractivity contribution in [3.8, 4) is 0 Å². The number of rotatable bonds is 4. The Kier molecular flexibility index (Phi) is 4.44. The van der Waals surface area contributed by atoms with Crippen molar-refractivity contribution in [2.75, 3.05) is 6.61 Å². The Bertz CT molecular complexity index is 847. The fraction of sp³-hybridized carbons (Fsp3) is 0.583. The summed E-state index contributed by atoms with van der Waals surface area (Å²) in [6.07, 6.45) is 12.1. The maximum absolute atomic E-state index is 12.5. The monoisotopic (exact) mass is 382 g/mol. The zero-order chi connectivity index (χ0) is 20.3. The predicted octanol–water partition coefficient (Wildman–Crippen LogP) is 3.45. The molecule has 4 rings (SSSR count). The Labute approximate surface area is 166 Å². The van der Waals surface area contributed by atoms with Gasteiger partial charge in [-0.25, -0.2) is 0 Å². The first-order valence-electron chi connectivity index (χ1n) is 10.4. The average molecular weight is 383 g/mol. The van der Waals surface area contributed by atoms with Crippen LogP contribution in [-0.2, 0) is 9.59 Å². The molecule has 2 fully saturated rings. The normalized spacial score (nSPS) is 41.9. The van der Waals surface area contributed by atoms with Crippen LogP contribution in [0.1, 0.15) is 52.4 Å². The topological polar surface area (TPSA) is 74.6 Å². The molecule has 5 atom stereocenters. The van der Waals surface area contributed by atoms with Gasteiger partial charge in [0.25, 0.3) is 0 Å². The molecule has 0 aliphatic heterocycles. The number of fused-ring (bicyclic) bond motifs is 5. The van der Waals surface area contributed by atoms with E-state index in [0.717, 1.165) is 24.8 Å². The number of carbonyl (C=O) groups excluding carboxylic acids is 2. The molecule has 4 aliphatic carbocycles. The van der Waals surface area contributed by atoms with Crippen molar-refractivity contribution < 1.29 is 19.8 Å². The molecule has 4 heteroatoms. The molecule has 2 N–H and O–H groups in total. The fourth-order valence-electron chi connectivity index (χ4n) is 6.61. The van der Waals surface area contributed by atoms with Crippen molar-refractivity contribution in [1.29, 1.82) is 0 Å². The van der Waals surface area contributed by atoms with Crippen molar-refractivity contribution in [3.05, 3.63) is 47.6 Å². The molecule has 28 heavy (non-hydrogen) atoms. The second-order valence-corrected chi connectivity index (χ2v) is 9.41. The summed E-state index contributed by atoms with van der Waals surface area (Å²) in [4.78, 5) is 24.9. The molecule has 0 radical (unpaired) electrons. The summed E-state index contributed by atoms with van der Waals surface area (Å²) in [6.45, 7) is 7.39. The molecule has 4 aliphatic rings. The summed E-state index contributed by atoms with van der Waals surface area (Å²) in [5.74, 6) is 0.139. The fourth-order valence-corrected chi connectivity index (χ4v) is 6.61. The van der Waals surface area contributed by atoms with Crippen LogP contribution in [0.3, 0.4) is 0 Å². The lowest BCUT2D eigenvalue weighted by Crippen LogP contribution is -2.55. The first kappa shape index (κ1) is 19.5. The van der Waals surface area contributed by atoms with Gasteiger partial charge in [0, 0.05) is 16.4 Å². The zero-order valence-corrected chi connectivity index (χ0v) is 16.8. The lowest BCUT2D eigenvalue weighted by atomic mass is 9.51. The third-order valence-corrected chi connectivity index (χ3v) is 8.26. The maximum atomic E-state index is 12.5. The zero-order valence-electron chi connectivity index (χ0n) is 16.8. The first-order chi connectivity index (χ1) is 13.2. The molecular formula is C24H30O4. The summed E-state index contributed by atoms with van der Waals surface area (Å²) in [5, 5.41) is 20.6. The number of carbonyl (C=O) groups is 2. The van der Waals surface area contributed by atoms with Crippen molar-refractivity contribution in [2.24, 2.45) is 22.7 Å². The number of hydrogen-bond acceptors (Lipinski definition) is 4. The van der Waals surface area contributed by atoms with Crippen molar-refractivity contribution in [1.82, 2.24) is 0 Å². The van der Waals surface area contributed by atoms with Gasteiger partial charge in [0.1, 0.15) is 12.2 Å². The van der Waals surface area contributed by atoms with Crippen LogP contribution in [0.4, 0.5) is 0 Å². The van der Waals surface area contributed by atoms with Crippen LogP contribution >= 0.6 is 0 Å². The Hall–Kier alpha value is -1.78. The van der Waals surface area contributed by atoms with E-state index in [1.165, 1.54) is 11.1 Å². The van der Waals surface area contributed by atoms with Gasteiger partial charge in [-0.15, -0.1) is 6.58 Å². The highest BCUT2D eigenvalue weighted by Gasteiger charge is 2.64. The lowest BCUT2D eigenvalue weighted by Gasteiger charge is -2.53. The summed E-state index contributed by atoms with van der Waals surface area (Å²) < 4.78 is 0. The van der Waals surface area contributed by atoms with Crippen LogP contribution in [0.2, 0.25) is 0 Å². The molecule has 0 aromatic heterocycles. The second kappa shape index (κ2) is 6.36. The van der Waals surface area contributed by atoms with Crippen LogP contribution in [0, 0.1) is 22.7 Å². The average Bonchev–Trinajstić information content (AvgIpc) is 2.95. The minimum atomic E-state index is -1.45. The quantitative estimate of drug-likeness (QED) is 0.731. The molecule has 0 heterocycles. The van der Waals surface area contributed by atoms with E-state index in [4.69, 9.17) is 0 Å².